The first kappa shape index (κ1) is 26.5. The zero-order valence-corrected chi connectivity index (χ0v) is 22.9. The smallest absolute Gasteiger partial charge is 0.167 e. The van der Waals surface area contributed by atoms with Crippen LogP contribution in [0.25, 0.3) is 0 Å². The molecule has 0 aromatic heterocycles. The van der Waals surface area contributed by atoms with Crippen LogP contribution in [-0.4, -0.2) is 55.0 Å². The van der Waals surface area contributed by atoms with E-state index in [0.717, 1.165) is 11.1 Å². The molecule has 2 aromatic rings. The topological polar surface area (TPSA) is 44.8 Å². The number of ketones is 1. The summed E-state index contributed by atoms with van der Waals surface area (Å²) < 4.78 is 18.8. The van der Waals surface area contributed by atoms with Crippen molar-refractivity contribution in [2.45, 2.75) is 61.3 Å². The highest BCUT2D eigenvalue weighted by atomic mass is 32.2. The molecule has 1 fully saturated rings. The van der Waals surface area contributed by atoms with Gasteiger partial charge in [-0.2, -0.15) is 0 Å². The highest BCUT2D eigenvalue weighted by Gasteiger charge is 2.54. The fraction of sp³-hybridized carbons (Fsp3) is 0.500. The van der Waals surface area contributed by atoms with E-state index in [0.29, 0.717) is 26.2 Å². The largest absolute Gasteiger partial charge is 0.374 e. The first-order valence-electron chi connectivity index (χ1n) is 11.4. The van der Waals surface area contributed by atoms with Gasteiger partial charge in [0.05, 0.1) is 37.7 Å². The predicted octanol–water partition coefficient (Wildman–Crippen LogP) is 5.81. The lowest BCUT2D eigenvalue weighted by Gasteiger charge is -2.49. The van der Waals surface area contributed by atoms with E-state index >= 15 is 0 Å². The van der Waals surface area contributed by atoms with Gasteiger partial charge in [0.25, 0.3) is 0 Å². The third-order valence-electron chi connectivity index (χ3n) is 6.12. The minimum atomic E-state index is -1.69. The molecule has 2 aromatic carbocycles. The maximum absolute atomic E-state index is 13.4. The van der Waals surface area contributed by atoms with Crippen LogP contribution >= 0.6 is 23.5 Å². The summed E-state index contributed by atoms with van der Waals surface area (Å²) in [6, 6.07) is 20.0. The van der Waals surface area contributed by atoms with E-state index in [1.165, 1.54) is 0 Å². The maximum atomic E-state index is 13.4. The lowest BCUT2D eigenvalue weighted by Crippen LogP contribution is -2.61. The third kappa shape index (κ3) is 6.53. The molecule has 1 saturated heterocycles. The molecule has 3 rings (SSSR count). The molecule has 1 aliphatic heterocycles. The first-order valence-corrected chi connectivity index (χ1v) is 17.3. The second-order valence-electron chi connectivity index (χ2n) is 9.38. The van der Waals surface area contributed by atoms with Gasteiger partial charge in [0.1, 0.15) is 12.2 Å². The fourth-order valence-corrected chi connectivity index (χ4v) is 12.0. The van der Waals surface area contributed by atoms with Crippen LogP contribution in [-0.2, 0) is 32.2 Å². The molecule has 0 N–H and O–H groups in total. The van der Waals surface area contributed by atoms with Crippen LogP contribution in [0.5, 0.6) is 0 Å². The van der Waals surface area contributed by atoms with Gasteiger partial charge >= 0.3 is 0 Å². The molecule has 0 saturated carbocycles. The van der Waals surface area contributed by atoms with E-state index in [2.05, 4.69) is 32.2 Å². The van der Waals surface area contributed by atoms with Crippen LogP contribution in [0, 0.1) is 0 Å². The molecule has 180 valence electrons. The Labute approximate surface area is 208 Å². The Morgan fingerprint density at radius 2 is 1.48 bits per heavy atom. The SMILES string of the molecule is CSC(SC)([C@@H]1CC(=O)[C@@H](OCc2ccccc2)[C@@H](COCc2ccccc2)O1)[Si](C)(C)C. The molecular weight excluding hydrogens is 469 g/mol. The monoisotopic (exact) mass is 504 g/mol. The van der Waals surface area contributed by atoms with Crippen molar-refractivity contribution < 1.29 is 19.0 Å². The van der Waals surface area contributed by atoms with Crippen molar-refractivity contribution in [3.8, 4) is 0 Å². The average Bonchev–Trinajstić information content (AvgIpc) is 2.80. The molecule has 0 aliphatic carbocycles. The molecule has 4 nitrogen and oxygen atoms in total. The summed E-state index contributed by atoms with van der Waals surface area (Å²) in [5, 5.41) is 0. The van der Waals surface area contributed by atoms with Gasteiger partial charge in [-0.3, -0.25) is 4.79 Å². The summed E-state index contributed by atoms with van der Waals surface area (Å²) in [7, 11) is -1.69. The highest BCUT2D eigenvalue weighted by Crippen LogP contribution is 2.49. The first-order chi connectivity index (χ1) is 15.8. The Hall–Kier alpha value is -1.09. The molecule has 0 bridgehead atoms. The number of hydrogen-bond acceptors (Lipinski definition) is 6. The Kier molecular flexibility index (Phi) is 9.68. The van der Waals surface area contributed by atoms with Gasteiger partial charge < -0.3 is 14.2 Å². The molecule has 0 amide bonds. The van der Waals surface area contributed by atoms with E-state index < -0.39 is 20.3 Å². The van der Waals surface area contributed by atoms with Gasteiger partial charge in [0.2, 0.25) is 0 Å². The van der Waals surface area contributed by atoms with Crippen LogP contribution in [0.3, 0.4) is 0 Å². The van der Waals surface area contributed by atoms with Gasteiger partial charge in [-0.15, -0.1) is 23.5 Å². The number of carbonyl (C=O) groups is 1. The summed E-state index contributed by atoms with van der Waals surface area (Å²) >= 11 is 3.67. The maximum Gasteiger partial charge on any atom is 0.167 e. The zero-order valence-electron chi connectivity index (χ0n) is 20.3. The van der Waals surface area contributed by atoms with Crippen molar-refractivity contribution in [2.24, 2.45) is 0 Å². The molecule has 1 heterocycles. The van der Waals surface area contributed by atoms with Gasteiger partial charge in [0, 0.05) is 6.42 Å². The number of hydrogen-bond donors (Lipinski definition) is 0. The second kappa shape index (κ2) is 12.0. The number of benzene rings is 2. The Morgan fingerprint density at radius 3 is 2.00 bits per heavy atom. The third-order valence-corrected chi connectivity index (χ3v) is 16.2. The molecule has 0 unspecified atom stereocenters. The van der Waals surface area contributed by atoms with Crippen molar-refractivity contribution >= 4 is 37.4 Å². The van der Waals surface area contributed by atoms with Gasteiger partial charge in [-0.1, -0.05) is 80.3 Å². The molecule has 0 spiro atoms. The lowest BCUT2D eigenvalue weighted by atomic mass is 10.00. The Balaban J connectivity index is 1.77. The van der Waals surface area contributed by atoms with Crippen LogP contribution in [0.1, 0.15) is 17.5 Å². The summed E-state index contributed by atoms with van der Waals surface area (Å²) in [5.41, 5.74) is 2.14. The highest BCUT2D eigenvalue weighted by molar-refractivity contribution is 8.20. The van der Waals surface area contributed by atoms with Crippen molar-refractivity contribution in [3.05, 3.63) is 71.8 Å². The summed E-state index contributed by atoms with van der Waals surface area (Å²) in [4.78, 5) is 13.4. The van der Waals surface area contributed by atoms with E-state index in [-0.39, 0.29) is 15.6 Å². The van der Waals surface area contributed by atoms with Gasteiger partial charge in [-0.25, -0.2) is 0 Å². The number of ether oxygens (including phenoxy) is 3. The van der Waals surface area contributed by atoms with Gasteiger partial charge in [0.15, 0.2) is 5.78 Å². The van der Waals surface area contributed by atoms with Crippen molar-refractivity contribution in [2.75, 3.05) is 19.1 Å². The van der Waals surface area contributed by atoms with E-state index in [1.807, 2.05) is 84.2 Å². The summed E-state index contributed by atoms with van der Waals surface area (Å²) in [6.45, 7) is 8.24. The minimum absolute atomic E-state index is 0.112. The molecule has 7 heteroatoms. The molecular formula is C26H36O4S2Si. The van der Waals surface area contributed by atoms with Crippen molar-refractivity contribution in [1.82, 2.24) is 0 Å². The molecule has 33 heavy (non-hydrogen) atoms. The van der Waals surface area contributed by atoms with Gasteiger partial charge in [-0.05, 0) is 23.6 Å². The number of thioether (sulfide) groups is 2. The van der Waals surface area contributed by atoms with Crippen molar-refractivity contribution in [1.29, 1.82) is 0 Å². The average molecular weight is 505 g/mol. The second-order valence-corrected chi connectivity index (χ2v) is 17.8. The molecule has 3 atom stereocenters. The minimum Gasteiger partial charge on any atom is -0.374 e. The summed E-state index contributed by atoms with van der Waals surface area (Å²) in [6.07, 6.45) is 3.44. The summed E-state index contributed by atoms with van der Waals surface area (Å²) in [5.74, 6) is 0.112. The van der Waals surface area contributed by atoms with E-state index in [9.17, 15) is 4.79 Å². The number of Topliss-reactive ketones (excluding diaryl/α,β-unsaturated/α-hetero) is 1. The molecule has 1 aliphatic rings. The van der Waals surface area contributed by atoms with Crippen LogP contribution in [0.2, 0.25) is 19.6 Å². The van der Waals surface area contributed by atoms with E-state index in [1.54, 1.807) is 0 Å². The zero-order chi connectivity index (χ0) is 23.9. The van der Waals surface area contributed by atoms with Crippen molar-refractivity contribution in [3.63, 3.8) is 0 Å². The normalized spacial score (nSPS) is 21.8. The quantitative estimate of drug-likeness (QED) is 0.284. The van der Waals surface area contributed by atoms with E-state index in [4.69, 9.17) is 14.2 Å². The lowest BCUT2D eigenvalue weighted by molar-refractivity contribution is -0.177. The fourth-order valence-electron chi connectivity index (χ4n) is 4.46. The Morgan fingerprint density at radius 1 is 0.939 bits per heavy atom. The molecule has 0 radical (unpaired) electrons. The number of carbonyl (C=O) groups excluding carboxylic acids is 1. The number of rotatable bonds is 11. The van der Waals surface area contributed by atoms with Crippen LogP contribution in [0.15, 0.2) is 60.7 Å². The van der Waals surface area contributed by atoms with Crippen LogP contribution < -0.4 is 0 Å². The van der Waals surface area contributed by atoms with Crippen LogP contribution in [0.4, 0.5) is 0 Å². The Bertz CT molecular complexity index is 869. The predicted molar refractivity (Wildman–Crippen MR) is 143 cm³/mol. The standard InChI is InChI=1S/C26H36O4S2Si/c1-31-26(32-2,33(3,4)5)24-16-22(27)25(29-18-21-14-10-7-11-15-21)23(30-24)19-28-17-20-12-8-6-9-13-20/h6-15,23-25H,16-19H2,1-5H3/t23-,24+,25-/m1/s1.